The zero-order valence-electron chi connectivity index (χ0n) is 10.9. The van der Waals surface area contributed by atoms with E-state index in [0.29, 0.717) is 13.2 Å². The number of methoxy groups -OCH3 is 1. The Morgan fingerprint density at radius 3 is 2.89 bits per heavy atom. The van der Waals surface area contributed by atoms with Gasteiger partial charge in [-0.25, -0.2) is 0 Å². The van der Waals surface area contributed by atoms with Crippen molar-refractivity contribution >= 4 is 0 Å². The molecule has 1 aromatic rings. The predicted octanol–water partition coefficient (Wildman–Crippen LogP) is 1.03. The summed E-state index contributed by atoms with van der Waals surface area (Å²) in [6.45, 7) is 3.82. The van der Waals surface area contributed by atoms with Crippen molar-refractivity contribution in [3.63, 3.8) is 0 Å². The molecule has 0 bridgehead atoms. The number of benzene rings is 1. The Kier molecular flexibility index (Phi) is 5.13. The van der Waals surface area contributed by atoms with E-state index in [0.717, 1.165) is 19.7 Å². The summed E-state index contributed by atoms with van der Waals surface area (Å²) in [6, 6.07) is 10.8. The summed E-state index contributed by atoms with van der Waals surface area (Å²) in [5.74, 6) is 0. The van der Waals surface area contributed by atoms with E-state index in [1.807, 2.05) is 6.07 Å². The molecule has 4 nitrogen and oxygen atoms in total. The molecule has 1 fully saturated rings. The van der Waals surface area contributed by atoms with Gasteiger partial charge in [0.25, 0.3) is 0 Å². The Morgan fingerprint density at radius 1 is 1.44 bits per heavy atom. The second-order valence-corrected chi connectivity index (χ2v) is 4.61. The number of ether oxygens (including phenoxy) is 2. The summed E-state index contributed by atoms with van der Waals surface area (Å²) in [7, 11) is 1.75. The molecule has 1 saturated heterocycles. The van der Waals surface area contributed by atoms with Crippen molar-refractivity contribution in [2.75, 3.05) is 40.0 Å². The van der Waals surface area contributed by atoms with Gasteiger partial charge in [-0.1, -0.05) is 30.3 Å². The van der Waals surface area contributed by atoms with Crippen molar-refractivity contribution in [2.45, 2.75) is 12.1 Å². The van der Waals surface area contributed by atoms with E-state index in [1.165, 1.54) is 5.56 Å². The second-order valence-electron chi connectivity index (χ2n) is 4.61. The highest BCUT2D eigenvalue weighted by Gasteiger charge is 2.26. The SMILES string of the molecule is COCC(c1ccccc1)N1CCOC(CN)C1. The minimum absolute atomic E-state index is 0.141. The maximum atomic E-state index is 5.70. The third kappa shape index (κ3) is 3.29. The summed E-state index contributed by atoms with van der Waals surface area (Å²) in [6.07, 6.45) is 0.141. The molecule has 4 heteroatoms. The number of rotatable bonds is 5. The van der Waals surface area contributed by atoms with E-state index >= 15 is 0 Å². The van der Waals surface area contributed by atoms with Gasteiger partial charge >= 0.3 is 0 Å². The fraction of sp³-hybridized carbons (Fsp3) is 0.571. The van der Waals surface area contributed by atoms with Crippen LogP contribution in [-0.2, 0) is 9.47 Å². The largest absolute Gasteiger partial charge is 0.383 e. The number of nitrogens with two attached hydrogens (primary N) is 1. The number of hydrogen-bond acceptors (Lipinski definition) is 4. The lowest BCUT2D eigenvalue weighted by Gasteiger charge is -2.37. The van der Waals surface area contributed by atoms with Gasteiger partial charge in [0.05, 0.1) is 25.4 Å². The van der Waals surface area contributed by atoms with Gasteiger partial charge in [0, 0.05) is 26.7 Å². The first-order valence-corrected chi connectivity index (χ1v) is 6.44. The molecular weight excluding hydrogens is 228 g/mol. The first kappa shape index (κ1) is 13.5. The smallest absolute Gasteiger partial charge is 0.0824 e. The Bertz CT molecular complexity index is 345. The Hall–Kier alpha value is -0.940. The molecule has 0 spiro atoms. The summed E-state index contributed by atoms with van der Waals surface area (Å²) in [5, 5.41) is 0. The highest BCUT2D eigenvalue weighted by Crippen LogP contribution is 2.23. The van der Waals surface area contributed by atoms with Gasteiger partial charge in [-0.2, -0.15) is 0 Å². The van der Waals surface area contributed by atoms with Gasteiger partial charge in [0.15, 0.2) is 0 Å². The van der Waals surface area contributed by atoms with E-state index in [2.05, 4.69) is 29.2 Å². The van der Waals surface area contributed by atoms with Crippen molar-refractivity contribution in [3.8, 4) is 0 Å². The van der Waals surface area contributed by atoms with Gasteiger partial charge in [0.2, 0.25) is 0 Å². The molecule has 0 radical (unpaired) electrons. The fourth-order valence-electron chi connectivity index (χ4n) is 2.41. The van der Waals surface area contributed by atoms with E-state index < -0.39 is 0 Å². The summed E-state index contributed by atoms with van der Waals surface area (Å²) >= 11 is 0. The van der Waals surface area contributed by atoms with Crippen LogP contribution in [0.3, 0.4) is 0 Å². The van der Waals surface area contributed by atoms with Crippen molar-refractivity contribution in [1.82, 2.24) is 4.90 Å². The van der Waals surface area contributed by atoms with Gasteiger partial charge in [-0.3, -0.25) is 4.90 Å². The average molecular weight is 250 g/mol. The zero-order chi connectivity index (χ0) is 12.8. The quantitative estimate of drug-likeness (QED) is 0.848. The van der Waals surface area contributed by atoms with Crippen LogP contribution in [0.1, 0.15) is 11.6 Å². The topological polar surface area (TPSA) is 47.7 Å². The molecule has 2 rings (SSSR count). The van der Waals surface area contributed by atoms with E-state index in [-0.39, 0.29) is 12.1 Å². The zero-order valence-corrected chi connectivity index (χ0v) is 10.9. The Balaban J connectivity index is 2.09. The van der Waals surface area contributed by atoms with Crippen LogP contribution >= 0.6 is 0 Å². The first-order chi connectivity index (χ1) is 8.85. The molecule has 2 N–H and O–H groups in total. The summed E-state index contributed by atoms with van der Waals surface area (Å²) in [4.78, 5) is 2.40. The van der Waals surface area contributed by atoms with Gasteiger partial charge in [-0.05, 0) is 5.56 Å². The lowest BCUT2D eigenvalue weighted by atomic mass is 10.0. The molecule has 0 saturated carbocycles. The van der Waals surface area contributed by atoms with Crippen molar-refractivity contribution in [1.29, 1.82) is 0 Å². The highest BCUT2D eigenvalue weighted by molar-refractivity contribution is 5.19. The maximum absolute atomic E-state index is 5.70. The number of hydrogen-bond donors (Lipinski definition) is 1. The van der Waals surface area contributed by atoms with Gasteiger partial charge in [0.1, 0.15) is 0 Å². The Labute approximate surface area is 109 Å². The van der Waals surface area contributed by atoms with Crippen LogP contribution in [0.4, 0.5) is 0 Å². The standard InChI is InChI=1S/C14H22N2O2/c1-17-11-14(12-5-3-2-4-6-12)16-7-8-18-13(9-15)10-16/h2-6,13-14H,7-11,15H2,1H3. The van der Waals surface area contributed by atoms with Crippen LogP contribution in [0.5, 0.6) is 0 Å². The lowest BCUT2D eigenvalue weighted by molar-refractivity contribution is -0.0501. The molecule has 1 aliphatic heterocycles. The number of morpholine rings is 1. The van der Waals surface area contributed by atoms with Gasteiger partial charge < -0.3 is 15.2 Å². The van der Waals surface area contributed by atoms with E-state index in [1.54, 1.807) is 7.11 Å². The van der Waals surface area contributed by atoms with Crippen LogP contribution < -0.4 is 5.73 Å². The predicted molar refractivity (Wildman–Crippen MR) is 71.4 cm³/mol. The van der Waals surface area contributed by atoms with Crippen LogP contribution in [0, 0.1) is 0 Å². The van der Waals surface area contributed by atoms with Crippen LogP contribution in [0.25, 0.3) is 0 Å². The molecule has 100 valence electrons. The van der Waals surface area contributed by atoms with Crippen LogP contribution in [-0.4, -0.2) is 51.0 Å². The third-order valence-electron chi connectivity index (χ3n) is 3.38. The van der Waals surface area contributed by atoms with E-state index in [4.69, 9.17) is 15.2 Å². The minimum Gasteiger partial charge on any atom is -0.383 e. The molecule has 2 unspecified atom stereocenters. The molecule has 1 aromatic carbocycles. The summed E-state index contributed by atoms with van der Waals surface area (Å²) < 4.78 is 11.0. The minimum atomic E-state index is 0.141. The Morgan fingerprint density at radius 2 is 2.22 bits per heavy atom. The molecule has 18 heavy (non-hydrogen) atoms. The van der Waals surface area contributed by atoms with Crippen molar-refractivity contribution in [2.24, 2.45) is 5.73 Å². The molecule has 0 aromatic heterocycles. The monoisotopic (exact) mass is 250 g/mol. The van der Waals surface area contributed by atoms with Crippen molar-refractivity contribution < 1.29 is 9.47 Å². The van der Waals surface area contributed by atoms with Crippen LogP contribution in [0.15, 0.2) is 30.3 Å². The van der Waals surface area contributed by atoms with E-state index in [9.17, 15) is 0 Å². The highest BCUT2D eigenvalue weighted by atomic mass is 16.5. The molecule has 1 aliphatic rings. The first-order valence-electron chi connectivity index (χ1n) is 6.44. The summed E-state index contributed by atoms with van der Waals surface area (Å²) in [5.41, 5.74) is 6.98. The molecule has 0 amide bonds. The lowest BCUT2D eigenvalue weighted by Crippen LogP contribution is -2.47. The average Bonchev–Trinajstić information content (AvgIpc) is 2.46. The molecular formula is C14H22N2O2. The van der Waals surface area contributed by atoms with Crippen molar-refractivity contribution in [3.05, 3.63) is 35.9 Å². The van der Waals surface area contributed by atoms with Crippen LogP contribution in [0.2, 0.25) is 0 Å². The molecule has 1 heterocycles. The molecule has 2 atom stereocenters. The maximum Gasteiger partial charge on any atom is 0.0824 e. The molecule has 0 aliphatic carbocycles. The third-order valence-corrected chi connectivity index (χ3v) is 3.38. The normalized spacial score (nSPS) is 22.9. The fourth-order valence-corrected chi connectivity index (χ4v) is 2.41. The number of nitrogens with zero attached hydrogens (tertiary/aromatic N) is 1. The van der Waals surface area contributed by atoms with Gasteiger partial charge in [-0.15, -0.1) is 0 Å². The second kappa shape index (κ2) is 6.85.